The summed E-state index contributed by atoms with van der Waals surface area (Å²) < 4.78 is 4.90. The molecule has 0 aromatic rings. The maximum Gasteiger partial charge on any atom is 0.305 e. The minimum atomic E-state index is -0.0767. The number of hydrogen-bond donors (Lipinski definition) is 0. The van der Waals surface area contributed by atoms with Gasteiger partial charge >= 0.3 is 5.97 Å². The van der Waals surface area contributed by atoms with Crippen molar-refractivity contribution >= 4 is 11.8 Å². The SMILES string of the molecule is CCCCCCC(=O)C=CC=CCCCCCCCC(=O)OCC. The van der Waals surface area contributed by atoms with E-state index in [9.17, 15) is 9.59 Å². The van der Waals surface area contributed by atoms with E-state index in [-0.39, 0.29) is 11.8 Å². The zero-order valence-electron chi connectivity index (χ0n) is 15.7. The van der Waals surface area contributed by atoms with E-state index in [4.69, 9.17) is 4.74 Å². The number of rotatable bonds is 16. The van der Waals surface area contributed by atoms with Crippen LogP contribution in [-0.2, 0) is 14.3 Å². The Morgan fingerprint density at radius 1 is 0.792 bits per heavy atom. The molecule has 0 spiro atoms. The number of allylic oxidation sites excluding steroid dienone is 4. The molecule has 0 unspecified atom stereocenters. The molecule has 0 radical (unpaired) electrons. The maximum atomic E-state index is 11.6. The van der Waals surface area contributed by atoms with Crippen LogP contribution in [0.4, 0.5) is 0 Å². The molecule has 0 N–H and O–H groups in total. The summed E-state index contributed by atoms with van der Waals surface area (Å²) in [7, 11) is 0. The second kappa shape index (κ2) is 18.0. The first kappa shape index (κ1) is 22.6. The molecule has 0 aliphatic heterocycles. The van der Waals surface area contributed by atoms with E-state index in [0.717, 1.165) is 38.5 Å². The molecule has 24 heavy (non-hydrogen) atoms. The third kappa shape index (κ3) is 17.0. The highest BCUT2D eigenvalue weighted by atomic mass is 16.5. The van der Waals surface area contributed by atoms with Gasteiger partial charge in [-0.05, 0) is 38.7 Å². The summed E-state index contributed by atoms with van der Waals surface area (Å²) in [6.07, 6.45) is 20.1. The van der Waals surface area contributed by atoms with Crippen molar-refractivity contribution in [2.75, 3.05) is 6.61 Å². The van der Waals surface area contributed by atoms with Gasteiger partial charge in [0.15, 0.2) is 5.78 Å². The van der Waals surface area contributed by atoms with Gasteiger partial charge in [0.25, 0.3) is 0 Å². The maximum absolute atomic E-state index is 11.6. The van der Waals surface area contributed by atoms with Crippen LogP contribution < -0.4 is 0 Å². The van der Waals surface area contributed by atoms with Crippen LogP contribution in [0.2, 0.25) is 0 Å². The van der Waals surface area contributed by atoms with Gasteiger partial charge in [-0.25, -0.2) is 0 Å². The van der Waals surface area contributed by atoms with Crippen LogP contribution in [0.25, 0.3) is 0 Å². The molecule has 0 atom stereocenters. The highest BCUT2D eigenvalue weighted by Crippen LogP contribution is 2.08. The van der Waals surface area contributed by atoms with E-state index < -0.39 is 0 Å². The lowest BCUT2D eigenvalue weighted by atomic mass is 10.1. The average molecular weight is 337 g/mol. The lowest BCUT2D eigenvalue weighted by Gasteiger charge is -2.01. The predicted octanol–water partition coefficient (Wildman–Crippen LogP) is 5.93. The van der Waals surface area contributed by atoms with Crippen LogP contribution in [0.1, 0.15) is 90.9 Å². The molecule has 0 amide bonds. The number of unbranched alkanes of at least 4 members (excludes halogenated alkanes) is 8. The number of carbonyl (C=O) groups excluding carboxylic acids is 2. The average Bonchev–Trinajstić information content (AvgIpc) is 2.57. The Hall–Kier alpha value is -1.38. The van der Waals surface area contributed by atoms with Gasteiger partial charge in [0.05, 0.1) is 6.61 Å². The summed E-state index contributed by atoms with van der Waals surface area (Å²) in [6, 6.07) is 0. The fraction of sp³-hybridized carbons (Fsp3) is 0.714. The van der Waals surface area contributed by atoms with Gasteiger partial charge < -0.3 is 4.74 Å². The topological polar surface area (TPSA) is 43.4 Å². The number of carbonyl (C=O) groups is 2. The first-order valence-electron chi connectivity index (χ1n) is 9.72. The fourth-order valence-corrected chi connectivity index (χ4v) is 2.44. The Balaban J connectivity index is 3.41. The van der Waals surface area contributed by atoms with E-state index in [2.05, 4.69) is 13.0 Å². The normalized spacial score (nSPS) is 11.4. The summed E-state index contributed by atoms with van der Waals surface area (Å²) in [5.74, 6) is 0.157. The molecule has 0 bridgehead atoms. The lowest BCUT2D eigenvalue weighted by Crippen LogP contribution is -2.03. The molecule has 0 aliphatic carbocycles. The highest BCUT2D eigenvalue weighted by Gasteiger charge is 2.00. The monoisotopic (exact) mass is 336 g/mol. The molecule has 0 heterocycles. The molecule has 3 nitrogen and oxygen atoms in total. The second-order valence-corrected chi connectivity index (χ2v) is 6.18. The Labute approximate surface area is 148 Å². The summed E-state index contributed by atoms with van der Waals surface area (Å²) in [5.41, 5.74) is 0. The van der Waals surface area contributed by atoms with Gasteiger partial charge in [0, 0.05) is 12.8 Å². The Kier molecular flexibility index (Phi) is 16.9. The quantitative estimate of drug-likeness (QED) is 0.152. The minimum Gasteiger partial charge on any atom is -0.466 e. The van der Waals surface area contributed by atoms with E-state index in [1.165, 1.54) is 25.7 Å². The molecule has 138 valence electrons. The highest BCUT2D eigenvalue weighted by molar-refractivity contribution is 5.89. The number of hydrogen-bond acceptors (Lipinski definition) is 3. The van der Waals surface area contributed by atoms with Crippen molar-refractivity contribution in [1.29, 1.82) is 0 Å². The third-order valence-corrected chi connectivity index (χ3v) is 3.86. The standard InChI is InChI=1S/C21H36O3/c1-3-5-6-14-17-20(22)18-15-12-10-8-7-9-11-13-16-19-21(23)24-4-2/h10,12,15,18H,3-9,11,13-14,16-17,19H2,1-2H3. The van der Waals surface area contributed by atoms with Gasteiger partial charge in [0.1, 0.15) is 0 Å². The predicted molar refractivity (Wildman–Crippen MR) is 101 cm³/mol. The van der Waals surface area contributed by atoms with Gasteiger partial charge in [0.2, 0.25) is 0 Å². The zero-order chi connectivity index (χ0) is 17.9. The van der Waals surface area contributed by atoms with Gasteiger partial charge in [-0.15, -0.1) is 0 Å². The van der Waals surface area contributed by atoms with Crippen molar-refractivity contribution in [1.82, 2.24) is 0 Å². The minimum absolute atomic E-state index is 0.0767. The molecule has 0 aromatic carbocycles. The fourth-order valence-electron chi connectivity index (χ4n) is 2.44. The van der Waals surface area contributed by atoms with Crippen LogP contribution in [-0.4, -0.2) is 18.4 Å². The molecule has 3 heteroatoms. The summed E-state index contributed by atoms with van der Waals surface area (Å²) in [6.45, 7) is 4.49. The van der Waals surface area contributed by atoms with Crippen LogP contribution in [0, 0.1) is 0 Å². The first-order valence-corrected chi connectivity index (χ1v) is 9.72. The first-order chi connectivity index (χ1) is 11.7. The molecular weight excluding hydrogens is 300 g/mol. The Bertz CT molecular complexity index is 369. The van der Waals surface area contributed by atoms with Crippen molar-refractivity contribution in [3.05, 3.63) is 24.3 Å². The molecule has 0 aromatic heterocycles. The van der Waals surface area contributed by atoms with Crippen LogP contribution in [0.15, 0.2) is 24.3 Å². The zero-order valence-corrected chi connectivity index (χ0v) is 15.7. The van der Waals surface area contributed by atoms with E-state index in [1.807, 2.05) is 19.1 Å². The summed E-state index contributed by atoms with van der Waals surface area (Å²) in [5, 5.41) is 0. The Morgan fingerprint density at radius 3 is 2.21 bits per heavy atom. The van der Waals surface area contributed by atoms with E-state index >= 15 is 0 Å². The summed E-state index contributed by atoms with van der Waals surface area (Å²) >= 11 is 0. The summed E-state index contributed by atoms with van der Waals surface area (Å²) in [4.78, 5) is 22.7. The molecular formula is C21H36O3. The van der Waals surface area contributed by atoms with Gasteiger partial charge in [-0.2, -0.15) is 0 Å². The third-order valence-electron chi connectivity index (χ3n) is 3.86. The molecule has 0 aliphatic rings. The van der Waals surface area contributed by atoms with Crippen molar-refractivity contribution in [3.63, 3.8) is 0 Å². The molecule has 0 saturated heterocycles. The van der Waals surface area contributed by atoms with Gasteiger partial charge in [-0.3, -0.25) is 9.59 Å². The molecule has 0 fully saturated rings. The largest absolute Gasteiger partial charge is 0.466 e. The number of ether oxygens (including phenoxy) is 1. The smallest absolute Gasteiger partial charge is 0.305 e. The Morgan fingerprint density at radius 2 is 1.46 bits per heavy atom. The lowest BCUT2D eigenvalue weighted by molar-refractivity contribution is -0.143. The number of esters is 1. The van der Waals surface area contributed by atoms with E-state index in [1.54, 1.807) is 6.08 Å². The van der Waals surface area contributed by atoms with Crippen LogP contribution >= 0.6 is 0 Å². The molecule has 0 rings (SSSR count). The van der Waals surface area contributed by atoms with Gasteiger partial charge in [-0.1, -0.05) is 63.7 Å². The second-order valence-electron chi connectivity index (χ2n) is 6.18. The van der Waals surface area contributed by atoms with E-state index in [0.29, 0.717) is 19.4 Å². The van der Waals surface area contributed by atoms with Crippen molar-refractivity contribution in [3.8, 4) is 0 Å². The van der Waals surface area contributed by atoms with Crippen LogP contribution in [0.3, 0.4) is 0 Å². The van der Waals surface area contributed by atoms with Crippen molar-refractivity contribution in [2.45, 2.75) is 90.9 Å². The van der Waals surface area contributed by atoms with Crippen LogP contribution in [0.5, 0.6) is 0 Å². The van der Waals surface area contributed by atoms with Crippen molar-refractivity contribution < 1.29 is 14.3 Å². The molecule has 0 saturated carbocycles. The van der Waals surface area contributed by atoms with Crippen molar-refractivity contribution in [2.24, 2.45) is 0 Å². The number of ketones is 1.